The van der Waals surface area contributed by atoms with Crippen LogP contribution in [0.4, 0.5) is 0 Å². The molecule has 1 N–H and O–H groups in total. The lowest BCUT2D eigenvalue weighted by Gasteiger charge is -2.16. The van der Waals surface area contributed by atoms with Gasteiger partial charge >= 0.3 is 0 Å². The number of rotatable bonds is 7. The molecule has 0 radical (unpaired) electrons. The SMILES string of the molecule is CCn1cc(C(C)NCC(C)COC)cn1. The van der Waals surface area contributed by atoms with Gasteiger partial charge in [0.05, 0.1) is 6.20 Å². The van der Waals surface area contributed by atoms with Crippen LogP contribution in [0.5, 0.6) is 0 Å². The maximum Gasteiger partial charge on any atom is 0.0537 e. The Morgan fingerprint density at radius 2 is 2.25 bits per heavy atom. The van der Waals surface area contributed by atoms with Crippen molar-refractivity contribution in [2.24, 2.45) is 5.92 Å². The summed E-state index contributed by atoms with van der Waals surface area (Å²) in [5, 5.41) is 7.76. The van der Waals surface area contributed by atoms with E-state index in [2.05, 4.69) is 37.4 Å². The van der Waals surface area contributed by atoms with Crippen LogP contribution in [0.3, 0.4) is 0 Å². The molecular weight excluding hydrogens is 202 g/mol. The summed E-state index contributed by atoms with van der Waals surface area (Å²) in [6.45, 7) is 9.12. The van der Waals surface area contributed by atoms with E-state index in [1.54, 1.807) is 7.11 Å². The van der Waals surface area contributed by atoms with Crippen molar-refractivity contribution in [2.75, 3.05) is 20.3 Å². The number of hydrogen-bond acceptors (Lipinski definition) is 3. The molecule has 1 heterocycles. The Bertz CT molecular complexity index is 298. The largest absolute Gasteiger partial charge is 0.384 e. The smallest absolute Gasteiger partial charge is 0.0537 e. The number of nitrogens with zero attached hydrogens (tertiary/aromatic N) is 2. The first kappa shape index (κ1) is 13.2. The maximum absolute atomic E-state index is 5.11. The minimum atomic E-state index is 0.347. The Labute approximate surface area is 98.0 Å². The lowest BCUT2D eigenvalue weighted by Crippen LogP contribution is -2.26. The molecule has 0 fully saturated rings. The molecule has 0 aliphatic carbocycles. The van der Waals surface area contributed by atoms with Crippen molar-refractivity contribution in [3.63, 3.8) is 0 Å². The Morgan fingerprint density at radius 1 is 1.50 bits per heavy atom. The zero-order chi connectivity index (χ0) is 12.0. The van der Waals surface area contributed by atoms with Gasteiger partial charge in [-0.15, -0.1) is 0 Å². The fraction of sp³-hybridized carbons (Fsp3) is 0.750. The molecule has 4 nitrogen and oxygen atoms in total. The zero-order valence-corrected chi connectivity index (χ0v) is 10.7. The van der Waals surface area contributed by atoms with E-state index in [0.717, 1.165) is 19.7 Å². The molecule has 4 heteroatoms. The van der Waals surface area contributed by atoms with Gasteiger partial charge in [0.2, 0.25) is 0 Å². The summed E-state index contributed by atoms with van der Waals surface area (Å²) < 4.78 is 7.06. The molecule has 1 rings (SSSR count). The molecule has 0 aromatic carbocycles. The van der Waals surface area contributed by atoms with Crippen LogP contribution in [0.1, 0.15) is 32.4 Å². The molecule has 2 unspecified atom stereocenters. The summed E-state index contributed by atoms with van der Waals surface area (Å²) >= 11 is 0. The highest BCUT2D eigenvalue weighted by Crippen LogP contribution is 2.11. The van der Waals surface area contributed by atoms with Crippen LogP contribution < -0.4 is 5.32 Å². The minimum absolute atomic E-state index is 0.347. The summed E-state index contributed by atoms with van der Waals surface area (Å²) in [7, 11) is 1.74. The summed E-state index contributed by atoms with van der Waals surface area (Å²) in [4.78, 5) is 0. The number of aryl methyl sites for hydroxylation is 1. The highest BCUT2D eigenvalue weighted by molar-refractivity contribution is 5.09. The molecule has 0 aliphatic heterocycles. The van der Waals surface area contributed by atoms with Gasteiger partial charge in [-0.1, -0.05) is 6.92 Å². The fourth-order valence-electron chi connectivity index (χ4n) is 1.62. The first-order valence-electron chi connectivity index (χ1n) is 5.92. The highest BCUT2D eigenvalue weighted by atomic mass is 16.5. The zero-order valence-electron chi connectivity index (χ0n) is 10.7. The quantitative estimate of drug-likeness (QED) is 0.769. The monoisotopic (exact) mass is 225 g/mol. The Hall–Kier alpha value is -0.870. The Kier molecular flexibility index (Phi) is 5.49. The van der Waals surface area contributed by atoms with Crippen LogP contribution in [0.15, 0.2) is 12.4 Å². The van der Waals surface area contributed by atoms with E-state index >= 15 is 0 Å². The molecule has 0 aliphatic rings. The first-order valence-corrected chi connectivity index (χ1v) is 5.92. The van der Waals surface area contributed by atoms with E-state index in [4.69, 9.17) is 4.74 Å². The molecule has 0 bridgehead atoms. The van der Waals surface area contributed by atoms with Crippen LogP contribution in [-0.4, -0.2) is 30.0 Å². The fourth-order valence-corrected chi connectivity index (χ4v) is 1.62. The molecule has 0 spiro atoms. The molecule has 2 atom stereocenters. The second-order valence-corrected chi connectivity index (χ2v) is 4.32. The van der Waals surface area contributed by atoms with E-state index < -0.39 is 0 Å². The number of ether oxygens (including phenoxy) is 1. The second kappa shape index (κ2) is 6.66. The van der Waals surface area contributed by atoms with Crippen LogP contribution >= 0.6 is 0 Å². The average Bonchev–Trinajstić information content (AvgIpc) is 2.75. The van der Waals surface area contributed by atoms with Crippen molar-refractivity contribution in [3.8, 4) is 0 Å². The lowest BCUT2D eigenvalue weighted by atomic mass is 10.1. The number of aromatic nitrogens is 2. The summed E-state index contributed by atoms with van der Waals surface area (Å²) in [6, 6.07) is 0.347. The summed E-state index contributed by atoms with van der Waals surface area (Å²) in [6.07, 6.45) is 4.03. The van der Waals surface area contributed by atoms with Crippen molar-refractivity contribution >= 4 is 0 Å². The third-order valence-electron chi connectivity index (χ3n) is 2.70. The van der Waals surface area contributed by atoms with Crippen LogP contribution in [0.2, 0.25) is 0 Å². The molecule has 92 valence electrons. The third-order valence-corrected chi connectivity index (χ3v) is 2.70. The Balaban J connectivity index is 2.37. The molecule has 1 aromatic heterocycles. The van der Waals surface area contributed by atoms with Crippen molar-refractivity contribution in [1.82, 2.24) is 15.1 Å². The maximum atomic E-state index is 5.11. The summed E-state index contributed by atoms with van der Waals surface area (Å²) in [5.41, 5.74) is 1.24. The first-order chi connectivity index (χ1) is 7.67. The minimum Gasteiger partial charge on any atom is -0.384 e. The van der Waals surface area contributed by atoms with Gasteiger partial charge in [-0.25, -0.2) is 0 Å². The van der Waals surface area contributed by atoms with E-state index in [-0.39, 0.29) is 0 Å². The van der Waals surface area contributed by atoms with E-state index in [1.165, 1.54) is 5.56 Å². The predicted octanol–water partition coefficient (Wildman–Crippen LogP) is 1.84. The lowest BCUT2D eigenvalue weighted by molar-refractivity contribution is 0.157. The predicted molar refractivity (Wildman–Crippen MR) is 65.4 cm³/mol. The van der Waals surface area contributed by atoms with E-state index in [0.29, 0.717) is 12.0 Å². The molecular formula is C12H23N3O. The normalized spacial score (nSPS) is 15.0. The van der Waals surface area contributed by atoms with Crippen LogP contribution in [0, 0.1) is 5.92 Å². The molecule has 0 saturated heterocycles. The average molecular weight is 225 g/mol. The summed E-state index contributed by atoms with van der Waals surface area (Å²) in [5.74, 6) is 0.536. The van der Waals surface area contributed by atoms with Crippen LogP contribution in [0.25, 0.3) is 0 Å². The van der Waals surface area contributed by atoms with E-state index in [1.807, 2.05) is 10.9 Å². The van der Waals surface area contributed by atoms with Crippen molar-refractivity contribution in [1.29, 1.82) is 0 Å². The third kappa shape index (κ3) is 3.94. The number of hydrogen-bond donors (Lipinski definition) is 1. The van der Waals surface area contributed by atoms with Gasteiger partial charge in [0.1, 0.15) is 0 Å². The number of methoxy groups -OCH3 is 1. The topological polar surface area (TPSA) is 39.1 Å². The van der Waals surface area contributed by atoms with Gasteiger partial charge in [0.25, 0.3) is 0 Å². The second-order valence-electron chi connectivity index (χ2n) is 4.32. The van der Waals surface area contributed by atoms with Gasteiger partial charge < -0.3 is 10.1 Å². The molecule has 0 saturated carbocycles. The van der Waals surface area contributed by atoms with Crippen LogP contribution in [-0.2, 0) is 11.3 Å². The van der Waals surface area contributed by atoms with Gasteiger partial charge in [-0.2, -0.15) is 5.10 Å². The highest BCUT2D eigenvalue weighted by Gasteiger charge is 2.09. The Morgan fingerprint density at radius 3 is 2.81 bits per heavy atom. The van der Waals surface area contributed by atoms with Gasteiger partial charge in [-0.3, -0.25) is 4.68 Å². The molecule has 0 amide bonds. The van der Waals surface area contributed by atoms with Crippen molar-refractivity contribution in [3.05, 3.63) is 18.0 Å². The molecule has 16 heavy (non-hydrogen) atoms. The van der Waals surface area contributed by atoms with E-state index in [9.17, 15) is 0 Å². The van der Waals surface area contributed by atoms with Crippen molar-refractivity contribution in [2.45, 2.75) is 33.4 Å². The number of nitrogens with one attached hydrogen (secondary N) is 1. The van der Waals surface area contributed by atoms with Gasteiger partial charge in [0.15, 0.2) is 0 Å². The standard InChI is InChI=1S/C12H23N3O/c1-5-15-8-12(7-14-15)11(3)13-6-10(2)9-16-4/h7-8,10-11,13H,5-6,9H2,1-4H3. The van der Waals surface area contributed by atoms with Crippen molar-refractivity contribution < 1.29 is 4.74 Å². The van der Waals surface area contributed by atoms with Gasteiger partial charge in [-0.05, 0) is 19.8 Å². The molecule has 1 aromatic rings. The van der Waals surface area contributed by atoms with Gasteiger partial charge in [0, 0.05) is 44.6 Å².